The molecule has 2 aromatic rings. The van der Waals surface area contributed by atoms with Gasteiger partial charge in [-0.15, -0.1) is 11.3 Å². The minimum absolute atomic E-state index is 0.00810. The van der Waals surface area contributed by atoms with Gasteiger partial charge in [-0.3, -0.25) is 14.0 Å². The molecule has 1 fully saturated rings. The normalized spacial score (nSPS) is 22.4. The highest BCUT2D eigenvalue weighted by Crippen LogP contribution is 2.18. The van der Waals surface area contributed by atoms with Crippen LogP contribution in [0, 0.1) is 0 Å². The first-order valence-corrected chi connectivity index (χ1v) is 8.13. The van der Waals surface area contributed by atoms with E-state index in [9.17, 15) is 14.7 Å². The van der Waals surface area contributed by atoms with E-state index in [1.807, 2.05) is 0 Å². The molecule has 0 aliphatic carbocycles. The summed E-state index contributed by atoms with van der Waals surface area (Å²) in [6, 6.07) is 0. The average Bonchev–Trinajstić information content (AvgIpc) is 2.88. The van der Waals surface area contributed by atoms with E-state index in [2.05, 4.69) is 15.6 Å². The van der Waals surface area contributed by atoms with Crippen LogP contribution in [0.2, 0.25) is 0 Å². The lowest BCUT2D eigenvalue weighted by atomic mass is 9.95. The third-order valence-electron chi connectivity index (χ3n) is 3.93. The van der Waals surface area contributed by atoms with Gasteiger partial charge in [-0.05, 0) is 32.4 Å². The van der Waals surface area contributed by atoms with Crippen LogP contribution < -0.4 is 16.2 Å². The zero-order valence-corrected chi connectivity index (χ0v) is 12.9. The molecule has 118 valence electrons. The summed E-state index contributed by atoms with van der Waals surface area (Å²) in [6.07, 6.45) is 4.95. The van der Waals surface area contributed by atoms with E-state index in [0.29, 0.717) is 17.8 Å². The molecule has 0 saturated carbocycles. The van der Waals surface area contributed by atoms with Crippen molar-refractivity contribution in [3.8, 4) is 0 Å². The highest BCUT2D eigenvalue weighted by molar-refractivity contribution is 7.15. The van der Waals surface area contributed by atoms with E-state index in [-0.39, 0.29) is 12.1 Å². The van der Waals surface area contributed by atoms with Crippen LogP contribution in [0.5, 0.6) is 0 Å². The van der Waals surface area contributed by atoms with Crippen molar-refractivity contribution in [2.75, 3.05) is 19.6 Å². The third-order valence-corrected chi connectivity index (χ3v) is 4.70. The van der Waals surface area contributed by atoms with E-state index in [0.717, 1.165) is 19.5 Å². The van der Waals surface area contributed by atoms with Crippen molar-refractivity contribution in [2.45, 2.75) is 24.9 Å². The van der Waals surface area contributed by atoms with Gasteiger partial charge in [-0.25, -0.2) is 4.98 Å². The standard InChI is InChI=1S/C14H18N4O3S/c19-11(17-9-14(21)2-1-4-15-5-3-14)10-8-16-13-18(12(10)20)6-7-22-13/h6-8,15,21H,1-5,9H2,(H,17,19)/t14-/m0/s1. The summed E-state index contributed by atoms with van der Waals surface area (Å²) < 4.78 is 1.35. The Bertz CT molecular complexity index is 731. The Hall–Kier alpha value is -1.77. The molecule has 8 heteroatoms. The summed E-state index contributed by atoms with van der Waals surface area (Å²) >= 11 is 1.33. The van der Waals surface area contributed by atoms with Crippen molar-refractivity contribution in [1.82, 2.24) is 20.0 Å². The molecule has 0 bridgehead atoms. The number of carbonyl (C=O) groups excluding carboxylic acids is 1. The molecular formula is C14H18N4O3S. The Kier molecular flexibility index (Phi) is 4.23. The van der Waals surface area contributed by atoms with E-state index < -0.39 is 17.1 Å². The quantitative estimate of drug-likeness (QED) is 0.739. The fraction of sp³-hybridized carbons (Fsp3) is 0.500. The number of thiazole rings is 1. The van der Waals surface area contributed by atoms with Crippen LogP contribution in [0.25, 0.3) is 4.96 Å². The van der Waals surface area contributed by atoms with Gasteiger partial charge in [-0.2, -0.15) is 0 Å². The third kappa shape index (κ3) is 3.03. The van der Waals surface area contributed by atoms with E-state index in [1.54, 1.807) is 11.6 Å². The lowest BCUT2D eigenvalue weighted by Gasteiger charge is -2.26. The van der Waals surface area contributed by atoms with Crippen molar-refractivity contribution < 1.29 is 9.90 Å². The van der Waals surface area contributed by atoms with Crippen LogP contribution in [0.1, 0.15) is 29.6 Å². The zero-order valence-electron chi connectivity index (χ0n) is 12.0. The summed E-state index contributed by atoms with van der Waals surface area (Å²) in [5, 5.41) is 18.1. The summed E-state index contributed by atoms with van der Waals surface area (Å²) in [5.41, 5.74) is -1.32. The number of nitrogens with zero attached hydrogens (tertiary/aromatic N) is 2. The second-order valence-corrected chi connectivity index (χ2v) is 6.42. The molecule has 1 aliphatic heterocycles. The smallest absolute Gasteiger partial charge is 0.271 e. The molecule has 1 aliphatic rings. The summed E-state index contributed by atoms with van der Waals surface area (Å²) in [4.78, 5) is 29.1. The predicted molar refractivity (Wildman–Crippen MR) is 83.3 cm³/mol. The van der Waals surface area contributed by atoms with Gasteiger partial charge in [0.15, 0.2) is 4.96 Å². The average molecular weight is 322 g/mol. The van der Waals surface area contributed by atoms with Gasteiger partial charge >= 0.3 is 0 Å². The predicted octanol–water partition coefficient (Wildman–Crippen LogP) is -0.00960. The summed E-state index contributed by atoms with van der Waals surface area (Å²) in [7, 11) is 0. The topological polar surface area (TPSA) is 95.7 Å². The van der Waals surface area contributed by atoms with Crippen molar-refractivity contribution in [1.29, 1.82) is 0 Å². The van der Waals surface area contributed by atoms with Gasteiger partial charge in [0, 0.05) is 24.3 Å². The first-order valence-electron chi connectivity index (χ1n) is 7.25. The summed E-state index contributed by atoms with van der Waals surface area (Å²) in [6.45, 7) is 1.73. The number of aliphatic hydroxyl groups is 1. The Morgan fingerprint density at radius 2 is 2.36 bits per heavy atom. The van der Waals surface area contributed by atoms with Crippen LogP contribution in [-0.4, -0.2) is 45.6 Å². The van der Waals surface area contributed by atoms with Gasteiger partial charge in [0.1, 0.15) is 5.56 Å². The molecular weight excluding hydrogens is 304 g/mol. The van der Waals surface area contributed by atoms with Gasteiger partial charge < -0.3 is 15.7 Å². The largest absolute Gasteiger partial charge is 0.388 e. The van der Waals surface area contributed by atoms with Gasteiger partial charge in [-0.1, -0.05) is 0 Å². The molecule has 0 unspecified atom stereocenters. The molecule has 0 spiro atoms. The second kappa shape index (κ2) is 6.15. The maximum Gasteiger partial charge on any atom is 0.271 e. The summed E-state index contributed by atoms with van der Waals surface area (Å²) in [5.74, 6) is -0.497. The molecule has 1 saturated heterocycles. The van der Waals surface area contributed by atoms with Crippen LogP contribution in [0.4, 0.5) is 0 Å². The van der Waals surface area contributed by atoms with Crippen molar-refractivity contribution in [3.05, 3.63) is 33.7 Å². The van der Waals surface area contributed by atoms with Crippen LogP contribution >= 0.6 is 11.3 Å². The molecule has 0 aromatic carbocycles. The maximum atomic E-state index is 12.2. The highest BCUT2D eigenvalue weighted by atomic mass is 32.1. The van der Waals surface area contributed by atoms with Crippen molar-refractivity contribution >= 4 is 22.2 Å². The molecule has 3 rings (SSSR count). The lowest BCUT2D eigenvalue weighted by Crippen LogP contribution is -2.44. The molecule has 2 aromatic heterocycles. The highest BCUT2D eigenvalue weighted by Gasteiger charge is 2.28. The lowest BCUT2D eigenvalue weighted by molar-refractivity contribution is 0.0275. The monoisotopic (exact) mass is 322 g/mol. The number of aromatic nitrogens is 2. The maximum absolute atomic E-state index is 12.2. The first kappa shape index (κ1) is 15.1. The molecule has 22 heavy (non-hydrogen) atoms. The SMILES string of the molecule is O=C(NC[C@]1(O)CCCNCC1)c1cnc2sccn2c1=O. The van der Waals surface area contributed by atoms with E-state index in [1.165, 1.54) is 21.9 Å². The molecule has 3 heterocycles. The molecule has 1 atom stereocenters. The fourth-order valence-electron chi connectivity index (χ4n) is 2.61. The minimum atomic E-state index is -0.921. The van der Waals surface area contributed by atoms with Crippen LogP contribution in [0.15, 0.2) is 22.6 Å². The number of nitrogens with one attached hydrogen (secondary N) is 2. The minimum Gasteiger partial charge on any atom is -0.388 e. The van der Waals surface area contributed by atoms with Gasteiger partial charge in [0.2, 0.25) is 0 Å². The Morgan fingerprint density at radius 1 is 1.50 bits per heavy atom. The number of carbonyl (C=O) groups is 1. The molecule has 3 N–H and O–H groups in total. The van der Waals surface area contributed by atoms with Gasteiger partial charge in [0.05, 0.1) is 5.60 Å². The molecule has 1 amide bonds. The van der Waals surface area contributed by atoms with Crippen LogP contribution in [0.3, 0.4) is 0 Å². The first-order chi connectivity index (χ1) is 10.6. The Balaban J connectivity index is 1.73. The number of amides is 1. The fourth-order valence-corrected chi connectivity index (χ4v) is 3.29. The van der Waals surface area contributed by atoms with Crippen molar-refractivity contribution in [3.63, 3.8) is 0 Å². The van der Waals surface area contributed by atoms with Gasteiger partial charge in [0.25, 0.3) is 11.5 Å². The number of rotatable bonds is 3. The molecule has 0 radical (unpaired) electrons. The second-order valence-electron chi connectivity index (χ2n) is 5.54. The van der Waals surface area contributed by atoms with E-state index in [4.69, 9.17) is 0 Å². The number of hydrogen-bond donors (Lipinski definition) is 3. The number of hydrogen-bond acceptors (Lipinski definition) is 6. The van der Waals surface area contributed by atoms with Crippen LogP contribution in [-0.2, 0) is 0 Å². The zero-order chi connectivity index (χ0) is 15.6. The Labute approximate surface area is 131 Å². The molecule has 7 nitrogen and oxygen atoms in total. The van der Waals surface area contributed by atoms with E-state index >= 15 is 0 Å². The van der Waals surface area contributed by atoms with Crippen molar-refractivity contribution in [2.24, 2.45) is 0 Å². The Morgan fingerprint density at radius 3 is 3.23 bits per heavy atom. The number of fused-ring (bicyclic) bond motifs is 1.